The highest BCUT2D eigenvalue weighted by Gasteiger charge is 2.11. The van der Waals surface area contributed by atoms with E-state index in [9.17, 15) is 25.5 Å². The maximum absolute atomic E-state index is 10.9. The molecule has 1 heterocycles. The normalized spacial score (nSPS) is 12.4. The van der Waals surface area contributed by atoms with E-state index in [0.717, 1.165) is 0 Å². The lowest BCUT2D eigenvalue weighted by Crippen LogP contribution is -1.87. The summed E-state index contributed by atoms with van der Waals surface area (Å²) in [7, 11) is 0. The van der Waals surface area contributed by atoms with Gasteiger partial charge in [-0.25, -0.2) is 0 Å². The quantitative estimate of drug-likeness (QED) is 0.124. The Morgan fingerprint density at radius 2 is 0.444 bits per heavy atom. The molecule has 0 spiro atoms. The van der Waals surface area contributed by atoms with Gasteiger partial charge >= 0.3 is 0 Å². The molecule has 0 aromatic heterocycles. The van der Waals surface area contributed by atoms with Gasteiger partial charge in [-0.3, -0.25) is 25.0 Å². The van der Waals surface area contributed by atoms with E-state index in [1.54, 1.807) is 91.0 Å². The molecule has 45 heavy (non-hydrogen) atoms. The van der Waals surface area contributed by atoms with E-state index in [1.165, 1.54) is 31.1 Å². The molecule has 5 aromatic rings. The van der Waals surface area contributed by atoms with Gasteiger partial charge in [0, 0.05) is 58.9 Å². The van der Waals surface area contributed by atoms with Gasteiger partial charge in [0.05, 0.1) is 0 Å². The summed E-state index contributed by atoms with van der Waals surface area (Å²) in [6.45, 7) is 0. The molecule has 1 aliphatic rings. The molecule has 0 saturated heterocycles. The van der Waals surface area contributed by atoms with Crippen LogP contribution >= 0.6 is 0 Å². The minimum atomic E-state index is -0.151. The summed E-state index contributed by atoms with van der Waals surface area (Å²) in [4.78, 5) is 21.8. The molecule has 0 fully saturated rings. The number of hydrogen-bond acceptors (Lipinski definition) is 10. The minimum Gasteiger partial charge on any atom is -0.505 e. The van der Waals surface area contributed by atoms with Crippen LogP contribution in [0.3, 0.4) is 0 Å². The Morgan fingerprint density at radius 3 is 0.622 bits per heavy atom. The predicted octanol–water partition coefficient (Wildman–Crippen LogP) is 7.28. The number of aromatic hydroxyl groups is 5. The van der Waals surface area contributed by atoms with Crippen LogP contribution in [0.2, 0.25) is 0 Å². The second-order valence-corrected chi connectivity index (χ2v) is 9.87. The predicted molar refractivity (Wildman–Crippen MR) is 177 cm³/mol. The maximum Gasteiger partial charge on any atom is 0.149 e. The number of nitrogens with zero attached hydrogens (tertiary/aromatic N) is 5. The summed E-state index contributed by atoms with van der Waals surface area (Å²) in [6.07, 6.45) is 7.00. The molecule has 5 aromatic carbocycles. The van der Waals surface area contributed by atoms with Gasteiger partial charge in [-0.1, -0.05) is 30.3 Å². The molecular formula is C35H25N5O5. The molecule has 10 bridgehead atoms. The SMILES string of the molecule is Oc1c2cccc1N=Cc1cccc(c1O)N=Cc1cccc(c1O)N=Cc1cccc(c1O)N=Cc1cccc(c1O)N=C2. The second-order valence-electron chi connectivity index (χ2n) is 9.87. The zero-order valence-corrected chi connectivity index (χ0v) is 23.5. The molecular weight excluding hydrogens is 570 g/mol. The van der Waals surface area contributed by atoms with Crippen LogP contribution in [0.4, 0.5) is 28.4 Å². The number of phenolic OH excluding ortho intramolecular Hbond substituents is 5. The second kappa shape index (κ2) is 12.4. The fraction of sp³-hybridized carbons (Fsp3) is 0. The summed E-state index contributed by atoms with van der Waals surface area (Å²) < 4.78 is 0. The number of fused-ring (bicyclic) bond motifs is 10. The Hall–Kier alpha value is -6.55. The first-order valence-corrected chi connectivity index (χ1v) is 13.7. The van der Waals surface area contributed by atoms with E-state index in [4.69, 9.17) is 0 Å². The number of phenols is 5. The Labute approximate surface area is 257 Å². The van der Waals surface area contributed by atoms with Gasteiger partial charge in [-0.2, -0.15) is 0 Å². The lowest BCUT2D eigenvalue weighted by Gasteiger charge is -2.06. The topological polar surface area (TPSA) is 163 Å². The Morgan fingerprint density at radius 1 is 0.267 bits per heavy atom. The highest BCUT2D eigenvalue weighted by molar-refractivity contribution is 5.95. The van der Waals surface area contributed by atoms with Crippen molar-refractivity contribution in [2.75, 3.05) is 0 Å². The first-order valence-electron chi connectivity index (χ1n) is 13.7. The number of rotatable bonds is 0. The minimum absolute atomic E-state index is 0.151. The number of para-hydroxylation sites is 5. The van der Waals surface area contributed by atoms with E-state index in [0.29, 0.717) is 27.8 Å². The summed E-state index contributed by atoms with van der Waals surface area (Å²) in [5, 5.41) is 54.4. The third kappa shape index (κ3) is 6.02. The average Bonchev–Trinajstić information content (AvgIpc) is 3.04. The van der Waals surface area contributed by atoms with Crippen LogP contribution in [0.15, 0.2) is 116 Å². The highest BCUT2D eigenvalue weighted by Crippen LogP contribution is 2.36. The Kier molecular flexibility index (Phi) is 7.84. The molecule has 0 atom stereocenters. The molecule has 0 saturated carbocycles. The molecule has 6 rings (SSSR count). The largest absolute Gasteiger partial charge is 0.505 e. The van der Waals surface area contributed by atoms with Crippen LogP contribution in [0.25, 0.3) is 0 Å². The van der Waals surface area contributed by atoms with Gasteiger partial charge in [0.1, 0.15) is 57.2 Å². The lowest BCUT2D eigenvalue weighted by molar-refractivity contribution is 0.474. The van der Waals surface area contributed by atoms with E-state index in [-0.39, 0.29) is 57.2 Å². The van der Waals surface area contributed by atoms with Gasteiger partial charge in [-0.15, -0.1) is 0 Å². The van der Waals surface area contributed by atoms with Crippen molar-refractivity contribution in [3.05, 3.63) is 119 Å². The lowest BCUT2D eigenvalue weighted by atomic mass is 10.1. The summed E-state index contributed by atoms with van der Waals surface area (Å²) in [6, 6.07) is 24.7. The first kappa shape index (κ1) is 28.6. The zero-order valence-electron chi connectivity index (χ0n) is 23.5. The van der Waals surface area contributed by atoms with Crippen LogP contribution < -0.4 is 0 Å². The van der Waals surface area contributed by atoms with Crippen LogP contribution in [0.5, 0.6) is 28.7 Å². The number of benzene rings is 5. The van der Waals surface area contributed by atoms with Crippen LogP contribution in [-0.4, -0.2) is 56.6 Å². The molecule has 10 nitrogen and oxygen atoms in total. The van der Waals surface area contributed by atoms with E-state index in [2.05, 4.69) is 25.0 Å². The van der Waals surface area contributed by atoms with E-state index >= 15 is 0 Å². The molecule has 0 unspecified atom stereocenters. The van der Waals surface area contributed by atoms with E-state index < -0.39 is 0 Å². The smallest absolute Gasteiger partial charge is 0.149 e. The molecule has 0 amide bonds. The molecule has 220 valence electrons. The van der Waals surface area contributed by atoms with Gasteiger partial charge in [0.15, 0.2) is 0 Å². The average molecular weight is 596 g/mol. The molecule has 1 aliphatic heterocycles. The highest BCUT2D eigenvalue weighted by atomic mass is 16.3. The van der Waals surface area contributed by atoms with Crippen molar-refractivity contribution < 1.29 is 25.5 Å². The summed E-state index contributed by atoms with van der Waals surface area (Å²) >= 11 is 0. The molecule has 5 N–H and O–H groups in total. The fourth-order valence-electron chi connectivity index (χ4n) is 4.48. The van der Waals surface area contributed by atoms with Gasteiger partial charge in [-0.05, 0) is 60.7 Å². The monoisotopic (exact) mass is 595 g/mol. The number of aliphatic imine (C=N–C) groups is 5. The molecule has 0 radical (unpaired) electrons. The Balaban J connectivity index is 1.49. The zero-order chi connectivity index (χ0) is 31.3. The van der Waals surface area contributed by atoms with Crippen molar-refractivity contribution >= 4 is 59.5 Å². The van der Waals surface area contributed by atoms with Gasteiger partial charge in [0.25, 0.3) is 0 Å². The summed E-state index contributed by atoms with van der Waals surface area (Å²) in [5.74, 6) is -0.755. The van der Waals surface area contributed by atoms with Crippen molar-refractivity contribution in [3.8, 4) is 28.7 Å². The van der Waals surface area contributed by atoms with Crippen LogP contribution in [-0.2, 0) is 0 Å². The van der Waals surface area contributed by atoms with Crippen LogP contribution in [0.1, 0.15) is 27.8 Å². The first-order chi connectivity index (χ1) is 21.9. The third-order valence-corrected chi connectivity index (χ3v) is 6.94. The Bertz CT molecular complexity index is 1620. The van der Waals surface area contributed by atoms with Crippen molar-refractivity contribution in [1.82, 2.24) is 0 Å². The van der Waals surface area contributed by atoms with Gasteiger partial charge < -0.3 is 25.5 Å². The van der Waals surface area contributed by atoms with Crippen molar-refractivity contribution in [3.63, 3.8) is 0 Å². The molecule has 10 heteroatoms. The van der Waals surface area contributed by atoms with Gasteiger partial charge in [0.2, 0.25) is 0 Å². The van der Waals surface area contributed by atoms with E-state index in [1.807, 2.05) is 0 Å². The van der Waals surface area contributed by atoms with Crippen molar-refractivity contribution in [1.29, 1.82) is 0 Å². The summed E-state index contributed by atoms with van der Waals surface area (Å²) in [5.41, 5.74) is 2.89. The third-order valence-electron chi connectivity index (χ3n) is 6.94. The van der Waals surface area contributed by atoms with Crippen LogP contribution in [0, 0.1) is 0 Å². The maximum atomic E-state index is 10.9. The van der Waals surface area contributed by atoms with Crippen molar-refractivity contribution in [2.24, 2.45) is 25.0 Å². The molecule has 0 aliphatic carbocycles. The standard InChI is InChI=1S/C35H25N5O5/c41-31-21-6-1-11-26(31)36-17-22-7-2-13-28(32(22)42)38-19-24-9-4-15-30(34(24)44)40-20-25-10-5-14-29(35(25)45)39-18-23-8-3-12-27(33(23)43)37-16-21/h1-20,41-45H. The fourth-order valence-corrected chi connectivity index (χ4v) is 4.48. The number of hydrogen-bond donors (Lipinski definition) is 5. The van der Waals surface area contributed by atoms with Crippen molar-refractivity contribution in [2.45, 2.75) is 0 Å².